The zero-order valence-corrected chi connectivity index (χ0v) is 12.5. The molecule has 1 fully saturated rings. The molecule has 1 aromatic carbocycles. The van der Waals surface area contributed by atoms with E-state index in [0.717, 1.165) is 0 Å². The summed E-state index contributed by atoms with van der Waals surface area (Å²) in [5.74, 6) is -0.885. The Bertz CT molecular complexity index is 697. The molecule has 1 atom stereocenters. The first kappa shape index (κ1) is 15.1. The summed E-state index contributed by atoms with van der Waals surface area (Å²) < 4.78 is 22.2. The Balaban J connectivity index is 2.30. The van der Waals surface area contributed by atoms with Gasteiger partial charge in [0.25, 0.3) is 0 Å². The highest BCUT2D eigenvalue weighted by Crippen LogP contribution is 2.32. The number of rotatable bonds is 3. The molecule has 0 spiro atoms. The number of nitriles is 1. The molecule has 1 aliphatic heterocycles. The van der Waals surface area contributed by atoms with Crippen molar-refractivity contribution in [2.75, 3.05) is 17.2 Å². The molecule has 1 aliphatic rings. The fourth-order valence-corrected chi connectivity index (χ4v) is 3.79. The van der Waals surface area contributed by atoms with Gasteiger partial charge in [0.1, 0.15) is 6.07 Å². The fraction of sp³-hybridized carbons (Fsp3) is 0.333. The van der Waals surface area contributed by atoms with Gasteiger partial charge in [-0.25, -0.2) is 8.42 Å². The van der Waals surface area contributed by atoms with E-state index in [1.54, 1.807) is 18.2 Å². The molecule has 0 radical (unpaired) electrons. The maximum absolute atomic E-state index is 12.0. The number of hydrogen-bond acceptors (Lipinski definition) is 4. The summed E-state index contributed by atoms with van der Waals surface area (Å²) in [6.07, 6.45) is 0.0866. The second-order valence-electron chi connectivity index (χ2n) is 4.53. The third-order valence-electron chi connectivity index (χ3n) is 3.03. The molecule has 8 heteroatoms. The normalized spacial score (nSPS) is 19.1. The molecule has 1 amide bonds. The van der Waals surface area contributed by atoms with Crippen LogP contribution in [0.15, 0.2) is 18.2 Å². The molecule has 0 saturated carbocycles. The molecule has 1 aromatic rings. The van der Waals surface area contributed by atoms with E-state index in [2.05, 4.69) is 0 Å². The van der Waals surface area contributed by atoms with Crippen LogP contribution in [0.1, 0.15) is 12.0 Å². The molecule has 106 valence electrons. The Morgan fingerprint density at radius 1 is 1.45 bits per heavy atom. The van der Waals surface area contributed by atoms with E-state index in [4.69, 9.17) is 27.5 Å². The lowest BCUT2D eigenvalue weighted by atomic mass is 10.1. The minimum atomic E-state index is -3.66. The SMILES string of the molecule is N#Cc1c(Cl)cccc1N1CC(CS(=O)(=O)Cl)CC1=O. The van der Waals surface area contributed by atoms with Crippen molar-refractivity contribution >= 4 is 42.9 Å². The van der Waals surface area contributed by atoms with Crippen LogP contribution in [-0.2, 0) is 13.8 Å². The average molecular weight is 333 g/mol. The Morgan fingerprint density at radius 2 is 2.15 bits per heavy atom. The van der Waals surface area contributed by atoms with Crippen LogP contribution >= 0.6 is 22.3 Å². The van der Waals surface area contributed by atoms with Crippen LogP contribution < -0.4 is 4.90 Å². The van der Waals surface area contributed by atoms with Crippen LogP contribution in [0.3, 0.4) is 0 Å². The molecule has 1 heterocycles. The Labute approximate surface area is 126 Å². The van der Waals surface area contributed by atoms with Crippen LogP contribution in [0.25, 0.3) is 0 Å². The van der Waals surface area contributed by atoms with Crippen molar-refractivity contribution in [2.24, 2.45) is 5.92 Å². The summed E-state index contributed by atoms with van der Waals surface area (Å²) in [4.78, 5) is 13.4. The molecule has 1 unspecified atom stereocenters. The molecule has 0 bridgehead atoms. The highest BCUT2D eigenvalue weighted by atomic mass is 35.7. The van der Waals surface area contributed by atoms with Crippen LogP contribution in [-0.4, -0.2) is 26.6 Å². The molecular formula is C12H10Cl2N2O3S. The predicted molar refractivity (Wildman–Crippen MR) is 76.3 cm³/mol. The van der Waals surface area contributed by atoms with Crippen LogP contribution in [0, 0.1) is 17.2 Å². The van der Waals surface area contributed by atoms with Crippen molar-refractivity contribution in [3.63, 3.8) is 0 Å². The fourth-order valence-electron chi connectivity index (χ4n) is 2.26. The quantitative estimate of drug-likeness (QED) is 0.794. The first-order chi connectivity index (χ1) is 9.31. The van der Waals surface area contributed by atoms with E-state index < -0.39 is 9.05 Å². The van der Waals surface area contributed by atoms with Gasteiger partial charge in [-0.3, -0.25) is 4.79 Å². The van der Waals surface area contributed by atoms with Crippen molar-refractivity contribution in [3.05, 3.63) is 28.8 Å². The van der Waals surface area contributed by atoms with E-state index >= 15 is 0 Å². The smallest absolute Gasteiger partial charge is 0.232 e. The third-order valence-corrected chi connectivity index (χ3v) is 4.60. The van der Waals surface area contributed by atoms with Gasteiger partial charge in [-0.1, -0.05) is 17.7 Å². The van der Waals surface area contributed by atoms with E-state index in [-0.39, 0.29) is 41.1 Å². The molecule has 0 aliphatic carbocycles. The number of benzene rings is 1. The van der Waals surface area contributed by atoms with Gasteiger partial charge in [0.15, 0.2) is 0 Å². The number of anilines is 1. The molecule has 20 heavy (non-hydrogen) atoms. The summed E-state index contributed by atoms with van der Waals surface area (Å²) >= 11 is 5.92. The largest absolute Gasteiger partial charge is 0.311 e. The Hall–Kier alpha value is -1.29. The van der Waals surface area contributed by atoms with Gasteiger partial charge in [0, 0.05) is 29.6 Å². The lowest BCUT2D eigenvalue weighted by molar-refractivity contribution is -0.117. The molecule has 0 aromatic heterocycles. The Morgan fingerprint density at radius 3 is 2.75 bits per heavy atom. The van der Waals surface area contributed by atoms with Crippen LogP contribution in [0.2, 0.25) is 5.02 Å². The van der Waals surface area contributed by atoms with Gasteiger partial charge in [0.05, 0.1) is 22.0 Å². The van der Waals surface area contributed by atoms with E-state index in [1.165, 1.54) is 4.90 Å². The first-order valence-corrected chi connectivity index (χ1v) is 8.59. The van der Waals surface area contributed by atoms with Gasteiger partial charge in [-0.15, -0.1) is 0 Å². The maximum Gasteiger partial charge on any atom is 0.232 e. The van der Waals surface area contributed by atoms with Gasteiger partial charge in [0.2, 0.25) is 15.0 Å². The topological polar surface area (TPSA) is 78.2 Å². The first-order valence-electron chi connectivity index (χ1n) is 5.73. The number of hydrogen-bond donors (Lipinski definition) is 0. The van der Waals surface area contributed by atoms with Crippen molar-refractivity contribution in [2.45, 2.75) is 6.42 Å². The lowest BCUT2D eigenvalue weighted by Gasteiger charge is -2.18. The minimum Gasteiger partial charge on any atom is -0.311 e. The lowest BCUT2D eigenvalue weighted by Crippen LogP contribution is -2.26. The zero-order valence-electron chi connectivity index (χ0n) is 10.2. The summed E-state index contributed by atoms with van der Waals surface area (Å²) in [7, 11) is 1.55. The molecular weight excluding hydrogens is 323 g/mol. The molecule has 2 rings (SSSR count). The van der Waals surface area contributed by atoms with Crippen molar-refractivity contribution < 1.29 is 13.2 Å². The van der Waals surface area contributed by atoms with Gasteiger partial charge in [-0.05, 0) is 12.1 Å². The number of nitrogens with zero attached hydrogens (tertiary/aromatic N) is 2. The molecule has 1 saturated heterocycles. The zero-order chi connectivity index (χ0) is 14.9. The molecule has 0 N–H and O–H groups in total. The van der Waals surface area contributed by atoms with Crippen LogP contribution in [0.5, 0.6) is 0 Å². The van der Waals surface area contributed by atoms with Crippen LogP contribution in [0.4, 0.5) is 5.69 Å². The number of halogens is 2. The summed E-state index contributed by atoms with van der Waals surface area (Å²) in [5, 5.41) is 9.36. The third kappa shape index (κ3) is 3.23. The summed E-state index contributed by atoms with van der Waals surface area (Å²) in [5.41, 5.74) is 0.608. The highest BCUT2D eigenvalue weighted by Gasteiger charge is 2.34. The van der Waals surface area contributed by atoms with Gasteiger partial charge in [-0.2, -0.15) is 5.26 Å². The average Bonchev–Trinajstić information content (AvgIpc) is 2.67. The van der Waals surface area contributed by atoms with Gasteiger partial charge >= 0.3 is 0 Å². The number of carbonyl (C=O) groups is 1. The minimum absolute atomic E-state index is 0.0866. The van der Waals surface area contributed by atoms with E-state index in [1.807, 2.05) is 6.07 Å². The number of carbonyl (C=O) groups excluding carboxylic acids is 1. The van der Waals surface area contributed by atoms with Gasteiger partial charge < -0.3 is 4.90 Å². The Kier molecular flexibility index (Phi) is 4.23. The highest BCUT2D eigenvalue weighted by molar-refractivity contribution is 8.13. The summed E-state index contributed by atoms with van der Waals surface area (Å²) in [6.45, 7) is 0.208. The van der Waals surface area contributed by atoms with E-state index in [9.17, 15) is 13.2 Å². The van der Waals surface area contributed by atoms with Crippen molar-refractivity contribution in [3.8, 4) is 6.07 Å². The maximum atomic E-state index is 12.0. The monoisotopic (exact) mass is 332 g/mol. The second-order valence-corrected chi connectivity index (χ2v) is 7.75. The van der Waals surface area contributed by atoms with Crippen molar-refractivity contribution in [1.29, 1.82) is 5.26 Å². The molecule has 5 nitrogen and oxygen atoms in total. The predicted octanol–water partition coefficient (Wildman–Crippen LogP) is 2.13. The van der Waals surface area contributed by atoms with Crippen molar-refractivity contribution in [1.82, 2.24) is 0 Å². The van der Waals surface area contributed by atoms with E-state index in [0.29, 0.717) is 5.69 Å². The standard InChI is InChI=1S/C12H10Cl2N2O3S/c13-10-2-1-3-11(9(10)5-15)16-6-8(4-12(16)17)7-20(14,18)19/h1-3,8H,4,6-7H2. The second kappa shape index (κ2) is 5.60. The summed E-state index contributed by atoms with van der Waals surface area (Å²) in [6, 6.07) is 6.76. The number of amides is 1.